The third-order valence-corrected chi connectivity index (χ3v) is 3.64. The molecule has 0 aromatic heterocycles. The zero-order chi connectivity index (χ0) is 15.3. The summed E-state index contributed by atoms with van der Waals surface area (Å²) in [6.45, 7) is 0.524. The Bertz CT molecular complexity index is 568. The van der Waals surface area contributed by atoms with Crippen LogP contribution in [-0.4, -0.2) is 23.7 Å². The molecule has 1 saturated carbocycles. The molecule has 1 aromatic carbocycles. The van der Waals surface area contributed by atoms with Crippen LogP contribution in [0.5, 0.6) is 0 Å². The van der Waals surface area contributed by atoms with Gasteiger partial charge in [-0.2, -0.15) is 0 Å². The molecule has 3 N–H and O–H groups in total. The normalized spacial score (nSPS) is 14.8. The van der Waals surface area contributed by atoms with Crippen LogP contribution < -0.4 is 10.6 Å². The number of carbonyl (C=O) groups is 2. The van der Waals surface area contributed by atoms with Crippen molar-refractivity contribution in [2.75, 3.05) is 11.9 Å². The first-order valence-electron chi connectivity index (χ1n) is 6.91. The summed E-state index contributed by atoms with van der Waals surface area (Å²) in [5.74, 6) is 1.72. The van der Waals surface area contributed by atoms with Crippen LogP contribution in [0.1, 0.15) is 31.2 Å². The number of carboxylic acids is 1. The number of benzene rings is 1. The van der Waals surface area contributed by atoms with E-state index in [9.17, 15) is 14.7 Å². The first-order chi connectivity index (χ1) is 10.1. The molecule has 0 heterocycles. The highest BCUT2D eigenvalue weighted by molar-refractivity contribution is 5.89. The maximum absolute atomic E-state index is 11.6. The topological polar surface area (TPSA) is 78.4 Å². The molecule has 5 nitrogen and oxygen atoms in total. The molecule has 0 aliphatic heterocycles. The van der Waals surface area contributed by atoms with Crippen LogP contribution in [0.25, 0.3) is 0 Å². The quantitative estimate of drug-likeness (QED) is 0.555. The van der Waals surface area contributed by atoms with Gasteiger partial charge >= 0.3 is 12.0 Å². The number of carbonyl (C=O) groups excluding carboxylic acids is 1. The zero-order valence-corrected chi connectivity index (χ0v) is 11.7. The van der Waals surface area contributed by atoms with Crippen molar-refractivity contribution in [2.24, 2.45) is 0 Å². The molecule has 2 rings (SSSR count). The highest BCUT2D eigenvalue weighted by Gasteiger charge is 2.51. The monoisotopic (exact) mass is 286 g/mol. The highest BCUT2D eigenvalue weighted by Crippen LogP contribution is 2.48. The molecule has 5 heteroatoms. The number of urea groups is 1. The molecule has 1 aliphatic carbocycles. The Hall–Kier alpha value is -2.48. The number of amides is 2. The number of terminal acetylenes is 1. The maximum atomic E-state index is 11.6. The summed E-state index contributed by atoms with van der Waals surface area (Å²) in [5, 5.41) is 14.6. The average Bonchev–Trinajstić information content (AvgIpc) is 3.26. The van der Waals surface area contributed by atoms with Crippen molar-refractivity contribution >= 4 is 17.7 Å². The summed E-state index contributed by atoms with van der Waals surface area (Å²) < 4.78 is 0. The third-order valence-electron chi connectivity index (χ3n) is 3.64. The second kappa shape index (κ2) is 6.31. The Kier molecular flexibility index (Phi) is 4.49. The van der Waals surface area contributed by atoms with Crippen LogP contribution in [0.4, 0.5) is 10.5 Å². The van der Waals surface area contributed by atoms with Gasteiger partial charge in [0.2, 0.25) is 0 Å². The summed E-state index contributed by atoms with van der Waals surface area (Å²) in [5.41, 5.74) is 0.708. The van der Waals surface area contributed by atoms with Crippen molar-refractivity contribution in [3.8, 4) is 12.3 Å². The molecular weight excluding hydrogens is 268 g/mol. The summed E-state index contributed by atoms with van der Waals surface area (Å²) in [6, 6.07) is 6.67. The SMILES string of the molecule is C#CCCCNC(=O)Nc1ccc(C2(C(=O)O)CC2)cc1. The molecule has 1 fully saturated rings. The van der Waals surface area contributed by atoms with Crippen LogP contribution in [-0.2, 0) is 10.2 Å². The lowest BCUT2D eigenvalue weighted by Crippen LogP contribution is -2.29. The number of unbranched alkanes of at least 4 members (excludes halogenated alkanes) is 1. The molecule has 0 radical (unpaired) electrons. The van der Waals surface area contributed by atoms with Gasteiger partial charge in [-0.15, -0.1) is 12.3 Å². The number of anilines is 1. The van der Waals surface area contributed by atoms with Crippen molar-refractivity contribution in [1.29, 1.82) is 0 Å². The van der Waals surface area contributed by atoms with Crippen molar-refractivity contribution in [3.63, 3.8) is 0 Å². The van der Waals surface area contributed by atoms with E-state index in [1.54, 1.807) is 24.3 Å². The molecule has 0 unspecified atom stereocenters. The first kappa shape index (κ1) is 14.9. The van der Waals surface area contributed by atoms with Gasteiger partial charge in [-0.1, -0.05) is 12.1 Å². The fourth-order valence-electron chi connectivity index (χ4n) is 2.19. The molecular formula is C16H18N2O3. The van der Waals surface area contributed by atoms with E-state index in [4.69, 9.17) is 6.42 Å². The Labute approximate surface area is 123 Å². The van der Waals surface area contributed by atoms with Crippen molar-refractivity contribution in [1.82, 2.24) is 5.32 Å². The largest absolute Gasteiger partial charge is 0.481 e. The average molecular weight is 286 g/mol. The van der Waals surface area contributed by atoms with Crippen LogP contribution in [0, 0.1) is 12.3 Å². The van der Waals surface area contributed by atoms with E-state index in [0.717, 1.165) is 12.0 Å². The van der Waals surface area contributed by atoms with Gasteiger partial charge in [-0.05, 0) is 37.0 Å². The van der Waals surface area contributed by atoms with Gasteiger partial charge in [0.15, 0.2) is 0 Å². The maximum Gasteiger partial charge on any atom is 0.319 e. The van der Waals surface area contributed by atoms with Crippen molar-refractivity contribution < 1.29 is 14.7 Å². The summed E-state index contributed by atoms with van der Waals surface area (Å²) >= 11 is 0. The Balaban J connectivity index is 1.87. The van der Waals surface area contributed by atoms with E-state index in [-0.39, 0.29) is 6.03 Å². The number of hydrogen-bond acceptors (Lipinski definition) is 2. The lowest BCUT2D eigenvalue weighted by molar-refractivity contribution is -0.140. The minimum Gasteiger partial charge on any atom is -0.481 e. The van der Waals surface area contributed by atoms with E-state index >= 15 is 0 Å². The van der Waals surface area contributed by atoms with E-state index in [2.05, 4.69) is 16.6 Å². The van der Waals surface area contributed by atoms with E-state index in [1.165, 1.54) is 0 Å². The summed E-state index contributed by atoms with van der Waals surface area (Å²) in [4.78, 5) is 22.8. The van der Waals surface area contributed by atoms with Crippen LogP contribution in [0.2, 0.25) is 0 Å². The van der Waals surface area contributed by atoms with Gasteiger partial charge in [0, 0.05) is 18.7 Å². The number of aliphatic carboxylic acids is 1. The van der Waals surface area contributed by atoms with Gasteiger partial charge in [0.1, 0.15) is 0 Å². The molecule has 21 heavy (non-hydrogen) atoms. The van der Waals surface area contributed by atoms with Gasteiger partial charge in [-0.25, -0.2) is 4.79 Å². The second-order valence-electron chi connectivity index (χ2n) is 5.15. The minimum atomic E-state index is -0.783. The van der Waals surface area contributed by atoms with Gasteiger partial charge in [-0.3, -0.25) is 4.79 Å². The minimum absolute atomic E-state index is 0.292. The van der Waals surface area contributed by atoms with Crippen LogP contribution >= 0.6 is 0 Å². The van der Waals surface area contributed by atoms with E-state index in [1.807, 2.05) is 0 Å². The van der Waals surface area contributed by atoms with Crippen molar-refractivity contribution in [2.45, 2.75) is 31.1 Å². The molecule has 110 valence electrons. The molecule has 1 aromatic rings. The molecule has 0 saturated heterocycles. The summed E-state index contributed by atoms with van der Waals surface area (Å²) in [7, 11) is 0. The van der Waals surface area contributed by atoms with Crippen LogP contribution in [0.3, 0.4) is 0 Å². The predicted molar refractivity (Wildman–Crippen MR) is 80.1 cm³/mol. The third kappa shape index (κ3) is 3.54. The van der Waals surface area contributed by atoms with Gasteiger partial charge < -0.3 is 15.7 Å². The van der Waals surface area contributed by atoms with Gasteiger partial charge in [0.05, 0.1) is 5.41 Å². The number of carboxylic acid groups (broad SMARTS) is 1. The molecule has 0 bridgehead atoms. The predicted octanol–water partition coefficient (Wildman–Crippen LogP) is 2.34. The lowest BCUT2D eigenvalue weighted by atomic mass is 9.96. The molecule has 0 atom stereocenters. The Morgan fingerprint density at radius 3 is 2.48 bits per heavy atom. The molecule has 2 amide bonds. The fourth-order valence-corrected chi connectivity index (χ4v) is 2.19. The fraction of sp³-hybridized carbons (Fsp3) is 0.375. The smallest absolute Gasteiger partial charge is 0.319 e. The zero-order valence-electron chi connectivity index (χ0n) is 11.7. The first-order valence-corrected chi connectivity index (χ1v) is 6.91. The number of hydrogen-bond donors (Lipinski definition) is 3. The molecule has 0 spiro atoms. The van der Waals surface area contributed by atoms with Gasteiger partial charge in [0.25, 0.3) is 0 Å². The Morgan fingerprint density at radius 1 is 1.29 bits per heavy atom. The second-order valence-corrected chi connectivity index (χ2v) is 5.15. The Morgan fingerprint density at radius 2 is 1.95 bits per heavy atom. The van der Waals surface area contributed by atoms with Crippen LogP contribution in [0.15, 0.2) is 24.3 Å². The van der Waals surface area contributed by atoms with E-state index in [0.29, 0.717) is 31.5 Å². The number of rotatable bonds is 6. The van der Waals surface area contributed by atoms with Crippen molar-refractivity contribution in [3.05, 3.63) is 29.8 Å². The highest BCUT2D eigenvalue weighted by atomic mass is 16.4. The summed E-state index contributed by atoms with van der Waals surface area (Å²) in [6.07, 6.45) is 7.84. The standard InChI is InChI=1S/C16H18N2O3/c1-2-3-4-11-17-15(21)18-13-7-5-12(6-8-13)16(9-10-16)14(19)20/h1,5-8H,3-4,9-11H2,(H,19,20)(H2,17,18,21). The lowest BCUT2D eigenvalue weighted by Gasteiger charge is -2.11. The molecule has 1 aliphatic rings. The van der Waals surface area contributed by atoms with E-state index < -0.39 is 11.4 Å². The number of nitrogens with one attached hydrogen (secondary N) is 2.